The molecule has 14 heavy (non-hydrogen) atoms. The second kappa shape index (κ2) is 5.51. The van der Waals surface area contributed by atoms with Crippen LogP contribution in [-0.4, -0.2) is 47.4 Å². The lowest BCUT2D eigenvalue weighted by molar-refractivity contribution is -0.135. The Morgan fingerprint density at radius 1 is 1.64 bits per heavy atom. The highest BCUT2D eigenvalue weighted by molar-refractivity contribution is 6.09. The van der Waals surface area contributed by atoms with Crippen LogP contribution < -0.4 is 5.73 Å². The molecule has 0 fully saturated rings. The molecule has 0 aromatic carbocycles. The highest BCUT2D eigenvalue weighted by Gasteiger charge is 2.23. The Hall–Kier alpha value is -1.20. The zero-order chi connectivity index (χ0) is 11.3. The van der Waals surface area contributed by atoms with Crippen LogP contribution >= 0.6 is 0 Å². The number of aliphatic hydroxyl groups excluding tert-OH is 1. The molecule has 0 aromatic heterocycles. The molecule has 0 heterocycles. The molecule has 0 aliphatic heterocycles. The number of hydrogen-bond acceptors (Lipinski definition) is 4. The van der Waals surface area contributed by atoms with Crippen LogP contribution in [0.15, 0.2) is 12.7 Å². The highest BCUT2D eigenvalue weighted by Crippen LogP contribution is 1.94. The molecule has 3 N–H and O–H groups in total. The summed E-state index contributed by atoms with van der Waals surface area (Å²) in [5.41, 5.74) is 5.35. The lowest BCUT2D eigenvalue weighted by atomic mass is 10.1. The summed E-state index contributed by atoms with van der Waals surface area (Å²) < 4.78 is 0. The number of amides is 1. The molecule has 5 nitrogen and oxygen atoms in total. The van der Waals surface area contributed by atoms with Crippen LogP contribution in [0.5, 0.6) is 0 Å². The Labute approximate surface area is 83.2 Å². The van der Waals surface area contributed by atoms with Crippen LogP contribution in [0.25, 0.3) is 0 Å². The average molecular weight is 200 g/mol. The van der Waals surface area contributed by atoms with E-state index in [1.165, 1.54) is 11.9 Å². The first kappa shape index (κ1) is 12.8. The second-order valence-electron chi connectivity index (χ2n) is 3.15. The van der Waals surface area contributed by atoms with Crippen molar-refractivity contribution in [3.8, 4) is 0 Å². The molecule has 0 aromatic rings. The molecule has 0 spiro atoms. The molecule has 0 rings (SSSR count). The third kappa shape index (κ3) is 3.68. The minimum Gasteiger partial charge on any atom is -0.392 e. The highest BCUT2D eigenvalue weighted by atomic mass is 16.3. The number of carbonyl (C=O) groups is 2. The van der Waals surface area contributed by atoms with E-state index in [9.17, 15) is 9.59 Å². The second-order valence-corrected chi connectivity index (χ2v) is 3.15. The Balaban J connectivity index is 4.31. The van der Waals surface area contributed by atoms with Gasteiger partial charge in [-0.1, -0.05) is 6.58 Å². The van der Waals surface area contributed by atoms with Crippen molar-refractivity contribution in [2.75, 3.05) is 13.6 Å². The van der Waals surface area contributed by atoms with Crippen LogP contribution in [0.1, 0.15) is 6.92 Å². The van der Waals surface area contributed by atoms with E-state index in [4.69, 9.17) is 10.8 Å². The Bertz CT molecular complexity index is 238. The zero-order valence-electron chi connectivity index (χ0n) is 8.43. The normalized spacial score (nSPS) is 14.3. The topological polar surface area (TPSA) is 83.6 Å². The SMILES string of the molecule is C=CC(=O)C(N)C(=O)N(C)CC(C)O. The number of carbonyl (C=O) groups excluding carboxylic acids is 2. The number of nitrogens with two attached hydrogens (primary N) is 1. The number of hydrogen-bond donors (Lipinski definition) is 2. The van der Waals surface area contributed by atoms with Gasteiger partial charge in [-0.05, 0) is 13.0 Å². The van der Waals surface area contributed by atoms with Gasteiger partial charge in [-0.2, -0.15) is 0 Å². The number of rotatable bonds is 5. The molecule has 2 atom stereocenters. The van der Waals surface area contributed by atoms with Gasteiger partial charge in [0.25, 0.3) is 0 Å². The van der Waals surface area contributed by atoms with Gasteiger partial charge in [0.15, 0.2) is 5.78 Å². The van der Waals surface area contributed by atoms with Crippen molar-refractivity contribution in [1.82, 2.24) is 4.90 Å². The van der Waals surface area contributed by atoms with Crippen LogP contribution in [-0.2, 0) is 9.59 Å². The molecule has 5 heteroatoms. The fourth-order valence-electron chi connectivity index (χ4n) is 0.972. The number of nitrogens with zero attached hydrogens (tertiary/aromatic N) is 1. The van der Waals surface area contributed by atoms with Crippen molar-refractivity contribution in [1.29, 1.82) is 0 Å². The van der Waals surface area contributed by atoms with Gasteiger partial charge in [-0.15, -0.1) is 0 Å². The maximum Gasteiger partial charge on any atom is 0.247 e. The van der Waals surface area contributed by atoms with E-state index in [1.807, 2.05) is 0 Å². The maximum absolute atomic E-state index is 11.4. The number of ketones is 1. The van der Waals surface area contributed by atoms with Crippen molar-refractivity contribution in [2.24, 2.45) is 5.73 Å². The Morgan fingerprint density at radius 3 is 2.50 bits per heavy atom. The fourth-order valence-corrected chi connectivity index (χ4v) is 0.972. The fraction of sp³-hybridized carbons (Fsp3) is 0.556. The van der Waals surface area contributed by atoms with Crippen molar-refractivity contribution in [3.63, 3.8) is 0 Å². The van der Waals surface area contributed by atoms with Gasteiger partial charge in [0.2, 0.25) is 5.91 Å². The number of likely N-dealkylation sites (N-methyl/N-ethyl adjacent to an activating group) is 1. The molecular weight excluding hydrogens is 184 g/mol. The Morgan fingerprint density at radius 2 is 2.14 bits per heavy atom. The largest absolute Gasteiger partial charge is 0.392 e. The van der Waals surface area contributed by atoms with E-state index in [0.29, 0.717) is 0 Å². The van der Waals surface area contributed by atoms with Gasteiger partial charge >= 0.3 is 0 Å². The molecule has 0 saturated carbocycles. The summed E-state index contributed by atoms with van der Waals surface area (Å²) in [5.74, 6) is -1.04. The van der Waals surface area contributed by atoms with E-state index in [0.717, 1.165) is 6.08 Å². The molecule has 0 bridgehead atoms. The van der Waals surface area contributed by atoms with Crippen molar-refractivity contribution in [2.45, 2.75) is 19.1 Å². The van der Waals surface area contributed by atoms with E-state index in [1.54, 1.807) is 6.92 Å². The summed E-state index contributed by atoms with van der Waals surface area (Å²) in [5, 5.41) is 9.01. The summed E-state index contributed by atoms with van der Waals surface area (Å²) >= 11 is 0. The first-order chi connectivity index (χ1) is 6.40. The first-order valence-electron chi connectivity index (χ1n) is 4.25. The van der Waals surface area contributed by atoms with Crippen molar-refractivity contribution in [3.05, 3.63) is 12.7 Å². The van der Waals surface area contributed by atoms with Crippen molar-refractivity contribution >= 4 is 11.7 Å². The average Bonchev–Trinajstić information content (AvgIpc) is 2.13. The van der Waals surface area contributed by atoms with E-state index in [-0.39, 0.29) is 6.54 Å². The predicted octanol–water partition coefficient (Wildman–Crippen LogP) is -1.09. The van der Waals surface area contributed by atoms with Crippen LogP contribution in [0.3, 0.4) is 0 Å². The van der Waals surface area contributed by atoms with Gasteiger partial charge in [-0.25, -0.2) is 0 Å². The summed E-state index contributed by atoms with van der Waals surface area (Å²) in [4.78, 5) is 23.6. The lowest BCUT2D eigenvalue weighted by Gasteiger charge is -2.21. The van der Waals surface area contributed by atoms with Gasteiger partial charge in [-0.3, -0.25) is 9.59 Å². The van der Waals surface area contributed by atoms with E-state index in [2.05, 4.69) is 6.58 Å². The van der Waals surface area contributed by atoms with Crippen LogP contribution in [0.4, 0.5) is 0 Å². The molecule has 0 aliphatic carbocycles. The molecule has 0 saturated heterocycles. The lowest BCUT2D eigenvalue weighted by Crippen LogP contribution is -2.47. The van der Waals surface area contributed by atoms with Crippen LogP contribution in [0, 0.1) is 0 Å². The molecular formula is C9H16N2O3. The summed E-state index contributed by atoms with van der Waals surface area (Å²) in [6, 6.07) is -1.21. The third-order valence-electron chi connectivity index (χ3n) is 1.69. The predicted molar refractivity (Wildman–Crippen MR) is 52.5 cm³/mol. The van der Waals surface area contributed by atoms with Gasteiger partial charge < -0.3 is 15.7 Å². The van der Waals surface area contributed by atoms with E-state index < -0.39 is 23.8 Å². The van der Waals surface area contributed by atoms with Gasteiger partial charge in [0, 0.05) is 13.6 Å². The maximum atomic E-state index is 11.4. The molecule has 0 aliphatic rings. The molecule has 80 valence electrons. The number of aliphatic hydroxyl groups is 1. The molecule has 0 radical (unpaired) electrons. The van der Waals surface area contributed by atoms with Crippen molar-refractivity contribution < 1.29 is 14.7 Å². The monoisotopic (exact) mass is 200 g/mol. The minimum atomic E-state index is -1.21. The summed E-state index contributed by atoms with van der Waals surface area (Å²) in [6.07, 6.45) is 0.369. The zero-order valence-corrected chi connectivity index (χ0v) is 8.43. The molecule has 2 unspecified atom stereocenters. The standard InChI is InChI=1S/C9H16N2O3/c1-4-7(13)8(10)9(14)11(3)5-6(2)12/h4,6,8,12H,1,5,10H2,2-3H3. The summed E-state index contributed by atoms with van der Waals surface area (Å²) in [7, 11) is 1.48. The van der Waals surface area contributed by atoms with E-state index >= 15 is 0 Å². The quantitative estimate of drug-likeness (QED) is 0.436. The van der Waals surface area contributed by atoms with Crippen LogP contribution in [0.2, 0.25) is 0 Å². The molecule has 1 amide bonds. The minimum absolute atomic E-state index is 0.150. The third-order valence-corrected chi connectivity index (χ3v) is 1.69. The Kier molecular flexibility index (Phi) is 5.04. The smallest absolute Gasteiger partial charge is 0.247 e. The van der Waals surface area contributed by atoms with Gasteiger partial charge in [0.1, 0.15) is 6.04 Å². The van der Waals surface area contributed by atoms with Gasteiger partial charge in [0.05, 0.1) is 6.10 Å². The first-order valence-corrected chi connectivity index (χ1v) is 4.25. The summed E-state index contributed by atoms with van der Waals surface area (Å²) in [6.45, 7) is 4.93.